The molecular weight excluding hydrogens is 376 g/mol. The van der Waals surface area contributed by atoms with Crippen LogP contribution in [0.15, 0.2) is 52.5 Å². The number of amides is 1. The van der Waals surface area contributed by atoms with Crippen molar-refractivity contribution in [2.24, 2.45) is 5.73 Å². The van der Waals surface area contributed by atoms with Gasteiger partial charge in [-0.25, -0.2) is 4.98 Å². The van der Waals surface area contributed by atoms with Crippen LogP contribution in [0.2, 0.25) is 0 Å². The topological polar surface area (TPSA) is 104 Å². The molecule has 0 aliphatic heterocycles. The van der Waals surface area contributed by atoms with Crippen LogP contribution in [0.25, 0.3) is 5.65 Å². The van der Waals surface area contributed by atoms with E-state index in [0.29, 0.717) is 24.5 Å². The van der Waals surface area contributed by atoms with Crippen molar-refractivity contribution in [1.29, 1.82) is 0 Å². The van der Waals surface area contributed by atoms with Gasteiger partial charge in [-0.1, -0.05) is 17.8 Å². The first-order valence-electron chi connectivity index (χ1n) is 8.89. The summed E-state index contributed by atoms with van der Waals surface area (Å²) in [6.07, 6.45) is 6.32. The number of hydrogen-bond donors (Lipinski definition) is 1. The molecule has 0 saturated heterocycles. The molecule has 0 spiro atoms. The van der Waals surface area contributed by atoms with Crippen molar-refractivity contribution in [3.63, 3.8) is 0 Å². The number of carbonyl (C=O) groups excluding carboxylic acids is 1. The Morgan fingerprint density at radius 1 is 1.29 bits per heavy atom. The summed E-state index contributed by atoms with van der Waals surface area (Å²) in [7, 11) is 0. The molecule has 2 N–H and O–H groups in total. The summed E-state index contributed by atoms with van der Waals surface area (Å²) in [6.45, 7) is 2.55. The fourth-order valence-electron chi connectivity index (χ4n) is 2.98. The van der Waals surface area contributed by atoms with Gasteiger partial charge in [0.25, 0.3) is 0 Å². The van der Waals surface area contributed by atoms with Crippen LogP contribution in [0.4, 0.5) is 0 Å². The number of hydrogen-bond acceptors (Lipinski definition) is 6. The van der Waals surface area contributed by atoms with Gasteiger partial charge in [0.05, 0.1) is 18.5 Å². The molecule has 4 aromatic rings. The van der Waals surface area contributed by atoms with Gasteiger partial charge in [-0.15, -0.1) is 10.2 Å². The highest BCUT2D eigenvalue weighted by Crippen LogP contribution is 2.24. The van der Waals surface area contributed by atoms with E-state index in [1.54, 1.807) is 18.0 Å². The number of nitrogens with zero attached hydrogens (tertiary/aromatic N) is 5. The summed E-state index contributed by atoms with van der Waals surface area (Å²) in [5.74, 6) is 1.81. The average Bonchev–Trinajstić information content (AvgIpc) is 3.39. The number of thioether (sulfide) groups is 1. The van der Waals surface area contributed by atoms with Gasteiger partial charge < -0.3 is 14.6 Å². The van der Waals surface area contributed by atoms with E-state index in [-0.39, 0.29) is 12.3 Å². The number of rotatable bonds is 8. The maximum absolute atomic E-state index is 11.2. The van der Waals surface area contributed by atoms with Crippen LogP contribution in [0.5, 0.6) is 0 Å². The SMILES string of the molecule is Cc1cccn2cc(CSc3nnc(CCC(N)=O)n3Cc3ccco3)nc12. The second-order valence-corrected chi connectivity index (χ2v) is 7.42. The third-order valence-electron chi connectivity index (χ3n) is 4.36. The standard InChI is InChI=1S/C19H20N6O2S/c1-13-4-2-8-24-10-14(21-18(13)24)12-28-19-23-22-17(7-6-16(20)26)25(19)11-15-5-3-9-27-15/h2-5,8-10H,6-7,11-12H2,1H3,(H2,20,26). The average molecular weight is 396 g/mol. The lowest BCUT2D eigenvalue weighted by atomic mass is 10.3. The van der Waals surface area contributed by atoms with Crippen molar-refractivity contribution in [2.75, 3.05) is 0 Å². The van der Waals surface area contributed by atoms with Crippen LogP contribution in [0.3, 0.4) is 0 Å². The molecule has 0 fully saturated rings. The predicted molar refractivity (Wildman–Crippen MR) is 105 cm³/mol. The molecule has 0 saturated carbocycles. The maximum atomic E-state index is 11.2. The maximum Gasteiger partial charge on any atom is 0.217 e. The smallest absolute Gasteiger partial charge is 0.217 e. The second-order valence-electron chi connectivity index (χ2n) is 6.47. The molecule has 9 heteroatoms. The number of pyridine rings is 1. The van der Waals surface area contributed by atoms with Gasteiger partial charge in [0, 0.05) is 31.0 Å². The molecule has 0 aromatic carbocycles. The molecule has 4 heterocycles. The normalized spacial score (nSPS) is 11.3. The minimum absolute atomic E-state index is 0.229. The molecule has 8 nitrogen and oxygen atoms in total. The van der Waals surface area contributed by atoms with Crippen molar-refractivity contribution >= 4 is 23.3 Å². The van der Waals surface area contributed by atoms with Gasteiger partial charge in [0.2, 0.25) is 5.91 Å². The number of primary amides is 1. The van der Waals surface area contributed by atoms with E-state index in [9.17, 15) is 4.79 Å². The van der Waals surface area contributed by atoms with E-state index in [1.165, 1.54) is 0 Å². The first-order chi connectivity index (χ1) is 13.6. The van der Waals surface area contributed by atoms with Gasteiger partial charge in [-0.2, -0.15) is 0 Å². The predicted octanol–water partition coefficient (Wildman–Crippen LogP) is 2.59. The minimum Gasteiger partial charge on any atom is -0.467 e. The number of carbonyl (C=O) groups is 1. The Bertz CT molecular complexity index is 1100. The third kappa shape index (κ3) is 3.94. The van der Waals surface area contributed by atoms with Crippen LogP contribution in [0, 0.1) is 6.92 Å². The van der Waals surface area contributed by atoms with Gasteiger partial charge in [0.1, 0.15) is 17.2 Å². The van der Waals surface area contributed by atoms with Crippen LogP contribution < -0.4 is 5.73 Å². The van der Waals surface area contributed by atoms with Crippen molar-refractivity contribution in [3.8, 4) is 0 Å². The number of nitrogens with two attached hydrogens (primary N) is 1. The molecule has 0 atom stereocenters. The lowest BCUT2D eigenvalue weighted by Crippen LogP contribution is -2.14. The van der Waals surface area contributed by atoms with E-state index >= 15 is 0 Å². The van der Waals surface area contributed by atoms with Crippen LogP contribution in [-0.2, 0) is 23.5 Å². The third-order valence-corrected chi connectivity index (χ3v) is 5.36. The summed E-state index contributed by atoms with van der Waals surface area (Å²) >= 11 is 1.55. The number of imidazole rings is 1. The molecule has 1 amide bonds. The largest absolute Gasteiger partial charge is 0.467 e. The fourth-order valence-corrected chi connectivity index (χ4v) is 3.82. The highest BCUT2D eigenvalue weighted by molar-refractivity contribution is 7.98. The summed E-state index contributed by atoms with van der Waals surface area (Å²) in [5.41, 5.74) is 8.34. The summed E-state index contributed by atoms with van der Waals surface area (Å²) in [6, 6.07) is 7.79. The fraction of sp³-hybridized carbons (Fsp3) is 0.263. The van der Waals surface area contributed by atoms with E-state index in [0.717, 1.165) is 27.8 Å². The molecule has 0 unspecified atom stereocenters. The molecule has 0 bridgehead atoms. The molecule has 4 rings (SSSR count). The summed E-state index contributed by atoms with van der Waals surface area (Å²) in [5, 5.41) is 9.32. The highest BCUT2D eigenvalue weighted by Gasteiger charge is 2.16. The van der Waals surface area contributed by atoms with Crippen molar-refractivity contribution < 1.29 is 9.21 Å². The van der Waals surface area contributed by atoms with Crippen molar-refractivity contribution in [1.82, 2.24) is 24.1 Å². The second kappa shape index (κ2) is 7.89. The van der Waals surface area contributed by atoms with Gasteiger partial charge in [0.15, 0.2) is 5.16 Å². The Morgan fingerprint density at radius 2 is 2.18 bits per heavy atom. The monoisotopic (exact) mass is 396 g/mol. The van der Waals surface area contributed by atoms with E-state index < -0.39 is 0 Å². The zero-order valence-corrected chi connectivity index (χ0v) is 16.2. The summed E-state index contributed by atoms with van der Waals surface area (Å²) in [4.78, 5) is 15.9. The number of furan rings is 1. The van der Waals surface area contributed by atoms with Crippen LogP contribution >= 0.6 is 11.8 Å². The Labute approximate surface area is 165 Å². The molecule has 4 aromatic heterocycles. The molecule has 144 valence electrons. The zero-order chi connectivity index (χ0) is 19.5. The molecular formula is C19H20N6O2S. The lowest BCUT2D eigenvalue weighted by molar-refractivity contribution is -0.118. The van der Waals surface area contributed by atoms with Gasteiger partial charge >= 0.3 is 0 Å². The zero-order valence-electron chi connectivity index (χ0n) is 15.4. The minimum atomic E-state index is -0.359. The Kier molecular flexibility index (Phi) is 5.16. The van der Waals surface area contributed by atoms with Crippen molar-refractivity contribution in [3.05, 3.63) is 65.8 Å². The molecule has 0 radical (unpaired) electrons. The first-order valence-corrected chi connectivity index (χ1v) is 9.87. The number of aromatic nitrogens is 5. The molecule has 0 aliphatic carbocycles. The van der Waals surface area contributed by atoms with E-state index in [1.807, 2.05) is 52.6 Å². The number of aryl methyl sites for hydroxylation is 2. The molecule has 0 aliphatic rings. The van der Waals surface area contributed by atoms with Crippen LogP contribution in [-0.4, -0.2) is 30.1 Å². The summed E-state index contributed by atoms with van der Waals surface area (Å²) < 4.78 is 9.46. The van der Waals surface area contributed by atoms with Crippen LogP contribution in [0.1, 0.15) is 29.3 Å². The first kappa shape index (κ1) is 18.3. The highest BCUT2D eigenvalue weighted by atomic mass is 32.2. The Balaban J connectivity index is 1.55. The lowest BCUT2D eigenvalue weighted by Gasteiger charge is -2.07. The quantitative estimate of drug-likeness (QED) is 0.459. The number of fused-ring (bicyclic) bond motifs is 1. The van der Waals surface area contributed by atoms with Gasteiger partial charge in [-0.05, 0) is 30.7 Å². The van der Waals surface area contributed by atoms with E-state index in [2.05, 4.69) is 10.2 Å². The Hall–Kier alpha value is -3.07. The van der Waals surface area contributed by atoms with Gasteiger partial charge in [-0.3, -0.25) is 9.36 Å². The molecule has 28 heavy (non-hydrogen) atoms. The van der Waals surface area contributed by atoms with Crippen molar-refractivity contribution in [2.45, 2.75) is 37.2 Å². The van der Waals surface area contributed by atoms with E-state index in [4.69, 9.17) is 15.1 Å². The Morgan fingerprint density at radius 3 is 2.93 bits per heavy atom.